The van der Waals surface area contributed by atoms with Crippen LogP contribution >= 0.6 is 0 Å². The maximum Gasteiger partial charge on any atom is 0.573 e. The summed E-state index contributed by atoms with van der Waals surface area (Å²) in [5.41, 5.74) is 3.12. The largest absolute Gasteiger partial charge is 0.573 e. The summed E-state index contributed by atoms with van der Waals surface area (Å²) in [4.78, 5) is 4.05. The minimum absolute atomic E-state index is 0.214. The van der Waals surface area contributed by atoms with E-state index in [1.54, 1.807) is 24.5 Å². The monoisotopic (exact) mass is 296 g/mol. The number of ether oxygens (including phenoxy) is 1. The fourth-order valence-electron chi connectivity index (χ4n) is 1.83. The summed E-state index contributed by atoms with van der Waals surface area (Å²) in [7, 11) is 0. The SMILES string of the molecule is Cc1ccncc1CNCc1ccc(OC(F)(F)F)cc1. The van der Waals surface area contributed by atoms with Crippen LogP contribution in [0, 0.1) is 6.92 Å². The van der Waals surface area contributed by atoms with E-state index in [0.29, 0.717) is 13.1 Å². The van der Waals surface area contributed by atoms with Crippen molar-refractivity contribution in [3.8, 4) is 5.75 Å². The lowest BCUT2D eigenvalue weighted by Gasteiger charge is -2.10. The average Bonchev–Trinajstić information content (AvgIpc) is 2.41. The van der Waals surface area contributed by atoms with Gasteiger partial charge in [-0.1, -0.05) is 12.1 Å². The molecule has 0 fully saturated rings. The van der Waals surface area contributed by atoms with Gasteiger partial charge in [-0.25, -0.2) is 0 Å². The second-order valence-corrected chi connectivity index (χ2v) is 4.60. The number of halogens is 3. The summed E-state index contributed by atoms with van der Waals surface area (Å²) >= 11 is 0. The third-order valence-electron chi connectivity index (χ3n) is 2.95. The first-order valence-corrected chi connectivity index (χ1v) is 6.39. The maximum absolute atomic E-state index is 12.0. The number of hydrogen-bond acceptors (Lipinski definition) is 3. The third kappa shape index (κ3) is 5.07. The predicted molar refractivity (Wildman–Crippen MR) is 72.6 cm³/mol. The van der Waals surface area contributed by atoms with Crippen molar-refractivity contribution in [2.45, 2.75) is 26.4 Å². The molecule has 0 atom stereocenters. The second kappa shape index (κ2) is 6.58. The molecule has 0 amide bonds. The minimum Gasteiger partial charge on any atom is -0.406 e. The Morgan fingerprint density at radius 2 is 1.81 bits per heavy atom. The van der Waals surface area contributed by atoms with Gasteiger partial charge >= 0.3 is 6.36 Å². The first-order valence-electron chi connectivity index (χ1n) is 6.39. The molecule has 1 aromatic heterocycles. The summed E-state index contributed by atoms with van der Waals surface area (Å²) in [6.07, 6.45) is -1.13. The Balaban J connectivity index is 1.85. The molecule has 1 aromatic carbocycles. The smallest absolute Gasteiger partial charge is 0.406 e. The topological polar surface area (TPSA) is 34.2 Å². The van der Waals surface area contributed by atoms with Crippen LogP contribution in [0.25, 0.3) is 0 Å². The highest BCUT2D eigenvalue weighted by Crippen LogP contribution is 2.22. The molecule has 0 aliphatic rings. The lowest BCUT2D eigenvalue weighted by Crippen LogP contribution is -2.17. The number of benzene rings is 1. The van der Waals surface area contributed by atoms with Gasteiger partial charge < -0.3 is 10.1 Å². The zero-order valence-corrected chi connectivity index (χ0v) is 11.4. The van der Waals surface area contributed by atoms with Crippen molar-refractivity contribution in [1.82, 2.24) is 10.3 Å². The standard InChI is InChI=1S/C15H15F3N2O/c1-11-6-7-19-9-13(11)10-20-8-12-2-4-14(5-3-12)21-15(16,17)18/h2-7,9,20H,8,10H2,1H3. The number of nitrogens with one attached hydrogen (secondary N) is 1. The molecule has 0 saturated heterocycles. The van der Waals surface area contributed by atoms with E-state index < -0.39 is 6.36 Å². The molecule has 21 heavy (non-hydrogen) atoms. The molecule has 0 aliphatic carbocycles. The molecule has 112 valence electrons. The molecule has 0 unspecified atom stereocenters. The van der Waals surface area contributed by atoms with E-state index in [9.17, 15) is 13.2 Å². The van der Waals surface area contributed by atoms with Crippen LogP contribution in [-0.4, -0.2) is 11.3 Å². The molecular weight excluding hydrogens is 281 g/mol. The fourth-order valence-corrected chi connectivity index (χ4v) is 1.83. The molecule has 1 heterocycles. The Morgan fingerprint density at radius 1 is 1.10 bits per heavy atom. The van der Waals surface area contributed by atoms with Crippen LogP contribution in [-0.2, 0) is 13.1 Å². The van der Waals surface area contributed by atoms with E-state index in [2.05, 4.69) is 15.0 Å². The zero-order valence-electron chi connectivity index (χ0n) is 11.4. The molecule has 3 nitrogen and oxygen atoms in total. The van der Waals surface area contributed by atoms with Gasteiger partial charge in [0.25, 0.3) is 0 Å². The number of pyridine rings is 1. The Morgan fingerprint density at radius 3 is 2.43 bits per heavy atom. The Hall–Kier alpha value is -2.08. The lowest BCUT2D eigenvalue weighted by molar-refractivity contribution is -0.274. The van der Waals surface area contributed by atoms with E-state index in [1.165, 1.54) is 12.1 Å². The van der Waals surface area contributed by atoms with Gasteiger partial charge in [0.15, 0.2) is 0 Å². The Labute approximate surface area is 120 Å². The van der Waals surface area contributed by atoms with Gasteiger partial charge in [-0.15, -0.1) is 13.2 Å². The summed E-state index contributed by atoms with van der Waals surface area (Å²) < 4.78 is 39.9. The second-order valence-electron chi connectivity index (χ2n) is 4.60. The van der Waals surface area contributed by atoms with Gasteiger partial charge in [-0.05, 0) is 41.8 Å². The Bertz CT molecular complexity index is 582. The minimum atomic E-state index is -4.66. The van der Waals surface area contributed by atoms with Crippen molar-refractivity contribution in [3.63, 3.8) is 0 Å². The molecule has 6 heteroatoms. The van der Waals surface area contributed by atoms with Crippen LogP contribution < -0.4 is 10.1 Å². The zero-order chi connectivity index (χ0) is 15.3. The van der Waals surface area contributed by atoms with Crippen molar-refractivity contribution < 1.29 is 17.9 Å². The highest BCUT2D eigenvalue weighted by molar-refractivity contribution is 5.27. The normalized spacial score (nSPS) is 11.4. The van der Waals surface area contributed by atoms with Crippen LogP contribution in [0.4, 0.5) is 13.2 Å². The summed E-state index contributed by atoms with van der Waals surface area (Å²) in [5, 5.41) is 3.22. The third-order valence-corrected chi connectivity index (χ3v) is 2.95. The van der Waals surface area contributed by atoms with Gasteiger partial charge in [0.05, 0.1) is 0 Å². The van der Waals surface area contributed by atoms with Crippen molar-refractivity contribution in [3.05, 3.63) is 59.4 Å². The van der Waals surface area contributed by atoms with Crippen LogP contribution in [0.2, 0.25) is 0 Å². The van der Waals surface area contributed by atoms with Gasteiger partial charge in [-0.2, -0.15) is 0 Å². The van der Waals surface area contributed by atoms with Crippen LogP contribution in [0.15, 0.2) is 42.7 Å². The van der Waals surface area contributed by atoms with E-state index >= 15 is 0 Å². The maximum atomic E-state index is 12.0. The van der Waals surface area contributed by atoms with Gasteiger partial charge in [-0.3, -0.25) is 4.98 Å². The number of nitrogens with zero attached hydrogens (tertiary/aromatic N) is 1. The molecule has 1 N–H and O–H groups in total. The van der Waals surface area contributed by atoms with Crippen LogP contribution in [0.1, 0.15) is 16.7 Å². The van der Waals surface area contributed by atoms with Gasteiger partial charge in [0, 0.05) is 25.5 Å². The molecule has 0 saturated carbocycles. The summed E-state index contributed by atoms with van der Waals surface area (Å²) in [6, 6.07) is 7.74. The number of aryl methyl sites for hydroxylation is 1. The van der Waals surface area contributed by atoms with Crippen molar-refractivity contribution >= 4 is 0 Å². The molecule has 2 rings (SSSR count). The van der Waals surface area contributed by atoms with Gasteiger partial charge in [0.1, 0.15) is 5.75 Å². The first-order chi connectivity index (χ1) is 9.94. The van der Waals surface area contributed by atoms with E-state index in [0.717, 1.165) is 16.7 Å². The van der Waals surface area contributed by atoms with Crippen molar-refractivity contribution in [2.75, 3.05) is 0 Å². The molecular formula is C15H15F3N2O. The number of alkyl halides is 3. The van der Waals surface area contributed by atoms with Crippen molar-refractivity contribution in [2.24, 2.45) is 0 Å². The van der Waals surface area contributed by atoms with E-state index in [1.807, 2.05) is 13.0 Å². The lowest BCUT2D eigenvalue weighted by atomic mass is 10.1. The molecule has 0 aliphatic heterocycles. The Kier molecular flexibility index (Phi) is 4.80. The quantitative estimate of drug-likeness (QED) is 0.915. The number of hydrogen-bond donors (Lipinski definition) is 1. The summed E-state index contributed by atoms with van der Waals surface area (Å²) in [5.74, 6) is -0.214. The molecule has 0 bridgehead atoms. The van der Waals surface area contributed by atoms with E-state index in [4.69, 9.17) is 0 Å². The summed E-state index contributed by atoms with van der Waals surface area (Å²) in [6.45, 7) is 3.21. The highest BCUT2D eigenvalue weighted by Gasteiger charge is 2.30. The fraction of sp³-hybridized carbons (Fsp3) is 0.267. The number of rotatable bonds is 5. The predicted octanol–water partition coefficient (Wildman–Crippen LogP) is 3.58. The van der Waals surface area contributed by atoms with Crippen LogP contribution in [0.5, 0.6) is 5.75 Å². The highest BCUT2D eigenvalue weighted by atomic mass is 19.4. The first kappa shape index (κ1) is 15.3. The van der Waals surface area contributed by atoms with Gasteiger partial charge in [0.2, 0.25) is 0 Å². The van der Waals surface area contributed by atoms with Crippen molar-refractivity contribution in [1.29, 1.82) is 0 Å². The molecule has 0 radical (unpaired) electrons. The molecule has 2 aromatic rings. The van der Waals surface area contributed by atoms with Crippen LogP contribution in [0.3, 0.4) is 0 Å². The van der Waals surface area contributed by atoms with E-state index in [-0.39, 0.29) is 5.75 Å². The average molecular weight is 296 g/mol. The molecule has 0 spiro atoms. The number of aromatic nitrogens is 1.